The molecule has 5 nitrogen and oxygen atoms in total. The van der Waals surface area contributed by atoms with E-state index in [9.17, 15) is 0 Å². The maximum atomic E-state index is 4.33. The van der Waals surface area contributed by atoms with Crippen molar-refractivity contribution in [2.75, 3.05) is 0 Å². The van der Waals surface area contributed by atoms with E-state index in [0.717, 1.165) is 24.6 Å². The van der Waals surface area contributed by atoms with Crippen LogP contribution in [0.2, 0.25) is 0 Å². The molecule has 2 aromatic rings. The summed E-state index contributed by atoms with van der Waals surface area (Å²) in [6.45, 7) is 6.47. The fourth-order valence-electron chi connectivity index (χ4n) is 1.59. The average molecular weight is 231 g/mol. The minimum absolute atomic E-state index is 0.712. The summed E-state index contributed by atoms with van der Waals surface area (Å²) in [5.74, 6) is 0.958. The molecule has 0 saturated heterocycles. The van der Waals surface area contributed by atoms with E-state index < -0.39 is 0 Å². The van der Waals surface area contributed by atoms with Gasteiger partial charge in [0.25, 0.3) is 0 Å². The van der Waals surface area contributed by atoms with Gasteiger partial charge in [0.15, 0.2) is 0 Å². The van der Waals surface area contributed by atoms with Crippen LogP contribution in [0.15, 0.2) is 24.7 Å². The second kappa shape index (κ2) is 5.54. The third-order valence-electron chi connectivity index (χ3n) is 2.60. The summed E-state index contributed by atoms with van der Waals surface area (Å²) in [4.78, 5) is 4.33. The summed E-state index contributed by atoms with van der Waals surface area (Å²) in [7, 11) is 0. The van der Waals surface area contributed by atoms with Crippen molar-refractivity contribution >= 4 is 0 Å². The zero-order valence-corrected chi connectivity index (χ0v) is 10.2. The Kier molecular flexibility index (Phi) is 3.82. The molecule has 0 aromatic carbocycles. The Morgan fingerprint density at radius 2 is 2.18 bits per heavy atom. The lowest BCUT2D eigenvalue weighted by Gasteiger charge is -2.05. The topological polar surface area (TPSA) is 55.6 Å². The fraction of sp³-hybridized carbons (Fsp3) is 0.417. The van der Waals surface area contributed by atoms with Crippen molar-refractivity contribution in [2.24, 2.45) is 0 Å². The van der Waals surface area contributed by atoms with E-state index in [1.807, 2.05) is 23.8 Å². The standard InChI is InChI=1S/C12H17N5/c1-3-17-9-15-16-12(17)8-13-7-11-5-4-10(2)6-14-11/h4-6,9,13H,3,7-8H2,1-2H3. The molecular formula is C12H17N5. The van der Waals surface area contributed by atoms with Crippen molar-refractivity contribution < 1.29 is 0 Å². The van der Waals surface area contributed by atoms with Gasteiger partial charge < -0.3 is 9.88 Å². The Bertz CT molecular complexity index is 460. The third-order valence-corrected chi connectivity index (χ3v) is 2.60. The van der Waals surface area contributed by atoms with Gasteiger partial charge in [0, 0.05) is 19.3 Å². The van der Waals surface area contributed by atoms with Crippen LogP contribution in [0.1, 0.15) is 24.0 Å². The normalized spacial score (nSPS) is 10.7. The lowest BCUT2D eigenvalue weighted by Crippen LogP contribution is -2.17. The minimum atomic E-state index is 0.712. The maximum Gasteiger partial charge on any atom is 0.146 e. The number of pyridine rings is 1. The Morgan fingerprint density at radius 3 is 2.88 bits per heavy atom. The van der Waals surface area contributed by atoms with Gasteiger partial charge in [-0.3, -0.25) is 4.98 Å². The van der Waals surface area contributed by atoms with Gasteiger partial charge >= 0.3 is 0 Å². The molecule has 17 heavy (non-hydrogen) atoms. The predicted octanol–water partition coefficient (Wildman–Crippen LogP) is 1.29. The quantitative estimate of drug-likeness (QED) is 0.842. The first-order valence-electron chi connectivity index (χ1n) is 5.78. The molecule has 0 saturated carbocycles. The highest BCUT2D eigenvalue weighted by atomic mass is 15.3. The number of aryl methyl sites for hydroxylation is 2. The lowest BCUT2D eigenvalue weighted by molar-refractivity contribution is 0.606. The van der Waals surface area contributed by atoms with Crippen molar-refractivity contribution in [1.82, 2.24) is 25.1 Å². The molecule has 2 aromatic heterocycles. The number of rotatable bonds is 5. The highest BCUT2D eigenvalue weighted by molar-refractivity contribution is 5.11. The van der Waals surface area contributed by atoms with Crippen LogP contribution in [0.3, 0.4) is 0 Å². The monoisotopic (exact) mass is 231 g/mol. The Balaban J connectivity index is 1.85. The molecule has 2 rings (SSSR count). The first-order valence-corrected chi connectivity index (χ1v) is 5.78. The van der Waals surface area contributed by atoms with Gasteiger partial charge in [0.2, 0.25) is 0 Å². The summed E-state index contributed by atoms with van der Waals surface area (Å²) in [6.07, 6.45) is 3.63. The van der Waals surface area contributed by atoms with Crippen LogP contribution in [0.4, 0.5) is 0 Å². The summed E-state index contributed by atoms with van der Waals surface area (Å²) in [6, 6.07) is 4.10. The van der Waals surface area contributed by atoms with Crippen molar-refractivity contribution in [3.8, 4) is 0 Å². The number of hydrogen-bond acceptors (Lipinski definition) is 4. The Labute approximate surface area is 101 Å². The van der Waals surface area contributed by atoms with Crippen LogP contribution in [0, 0.1) is 6.92 Å². The summed E-state index contributed by atoms with van der Waals surface area (Å²) < 4.78 is 2.02. The van der Waals surface area contributed by atoms with Crippen LogP contribution >= 0.6 is 0 Å². The van der Waals surface area contributed by atoms with Crippen LogP contribution in [-0.2, 0) is 19.6 Å². The number of nitrogens with one attached hydrogen (secondary N) is 1. The van der Waals surface area contributed by atoms with Gasteiger partial charge in [-0.2, -0.15) is 0 Å². The molecule has 0 aliphatic heterocycles. The number of aromatic nitrogens is 4. The average Bonchev–Trinajstić information content (AvgIpc) is 2.79. The second-order valence-corrected chi connectivity index (χ2v) is 3.96. The van der Waals surface area contributed by atoms with Gasteiger partial charge in [-0.05, 0) is 25.5 Å². The molecule has 0 unspecified atom stereocenters. The van der Waals surface area contributed by atoms with Gasteiger partial charge in [-0.15, -0.1) is 10.2 Å². The zero-order chi connectivity index (χ0) is 12.1. The van der Waals surface area contributed by atoms with Gasteiger partial charge in [-0.1, -0.05) is 6.07 Å². The molecule has 0 fully saturated rings. The van der Waals surface area contributed by atoms with Crippen LogP contribution in [-0.4, -0.2) is 19.7 Å². The molecule has 0 radical (unpaired) electrons. The molecule has 5 heteroatoms. The lowest BCUT2D eigenvalue weighted by atomic mass is 10.3. The molecule has 0 amide bonds. The summed E-state index contributed by atoms with van der Waals surface area (Å²) in [5.41, 5.74) is 2.22. The molecule has 1 N–H and O–H groups in total. The van der Waals surface area contributed by atoms with E-state index in [4.69, 9.17) is 0 Å². The van der Waals surface area contributed by atoms with E-state index in [0.29, 0.717) is 6.54 Å². The minimum Gasteiger partial charge on any atom is -0.317 e. The zero-order valence-electron chi connectivity index (χ0n) is 10.2. The summed E-state index contributed by atoms with van der Waals surface area (Å²) in [5, 5.41) is 11.3. The molecule has 0 atom stereocenters. The highest BCUT2D eigenvalue weighted by Crippen LogP contribution is 1.99. The van der Waals surface area contributed by atoms with Crippen LogP contribution in [0.5, 0.6) is 0 Å². The maximum absolute atomic E-state index is 4.33. The second-order valence-electron chi connectivity index (χ2n) is 3.96. The van der Waals surface area contributed by atoms with Crippen molar-refractivity contribution in [2.45, 2.75) is 33.5 Å². The van der Waals surface area contributed by atoms with Crippen molar-refractivity contribution in [1.29, 1.82) is 0 Å². The van der Waals surface area contributed by atoms with Crippen molar-refractivity contribution in [3.05, 3.63) is 41.7 Å². The van der Waals surface area contributed by atoms with E-state index >= 15 is 0 Å². The van der Waals surface area contributed by atoms with Gasteiger partial charge in [0.05, 0.1) is 12.2 Å². The van der Waals surface area contributed by atoms with Crippen LogP contribution in [0.25, 0.3) is 0 Å². The molecule has 0 spiro atoms. The highest BCUT2D eigenvalue weighted by Gasteiger charge is 2.01. The SMILES string of the molecule is CCn1cnnc1CNCc1ccc(C)cn1. The molecular weight excluding hydrogens is 214 g/mol. The van der Waals surface area contributed by atoms with Gasteiger partial charge in [0.1, 0.15) is 12.2 Å². The van der Waals surface area contributed by atoms with E-state index in [1.165, 1.54) is 5.56 Å². The van der Waals surface area contributed by atoms with E-state index in [2.05, 4.69) is 33.5 Å². The first-order chi connectivity index (χ1) is 8.29. The van der Waals surface area contributed by atoms with Crippen LogP contribution < -0.4 is 5.32 Å². The van der Waals surface area contributed by atoms with Crippen molar-refractivity contribution in [3.63, 3.8) is 0 Å². The number of hydrogen-bond donors (Lipinski definition) is 1. The number of nitrogens with zero attached hydrogens (tertiary/aromatic N) is 4. The third kappa shape index (κ3) is 3.10. The Morgan fingerprint density at radius 1 is 1.29 bits per heavy atom. The van der Waals surface area contributed by atoms with E-state index in [-0.39, 0.29) is 0 Å². The van der Waals surface area contributed by atoms with E-state index in [1.54, 1.807) is 6.33 Å². The first kappa shape index (κ1) is 11.7. The fourth-order valence-corrected chi connectivity index (χ4v) is 1.59. The van der Waals surface area contributed by atoms with Gasteiger partial charge in [-0.25, -0.2) is 0 Å². The largest absolute Gasteiger partial charge is 0.317 e. The summed E-state index contributed by atoms with van der Waals surface area (Å²) >= 11 is 0. The molecule has 0 bridgehead atoms. The smallest absolute Gasteiger partial charge is 0.146 e. The molecule has 0 aliphatic carbocycles. The molecule has 0 aliphatic rings. The molecule has 90 valence electrons. The Hall–Kier alpha value is -1.75. The molecule has 2 heterocycles. The predicted molar refractivity (Wildman–Crippen MR) is 65.2 cm³/mol.